The maximum atomic E-state index is 12.9. The van der Waals surface area contributed by atoms with E-state index >= 15 is 0 Å². The number of nitrogens with two attached hydrogens (primary N) is 1. The van der Waals surface area contributed by atoms with Gasteiger partial charge in [0.05, 0.1) is 33.7 Å². The first kappa shape index (κ1) is 82.0. The van der Waals surface area contributed by atoms with Crippen molar-refractivity contribution in [3.63, 3.8) is 0 Å². The lowest BCUT2D eigenvalue weighted by Gasteiger charge is -2.40. The van der Waals surface area contributed by atoms with Gasteiger partial charge in [-0.25, -0.2) is 40.7 Å². The molecule has 0 spiro atoms. The van der Waals surface area contributed by atoms with E-state index in [1.165, 1.54) is 15.6 Å². The number of amides is 3. The van der Waals surface area contributed by atoms with Crippen molar-refractivity contribution in [2.45, 2.75) is 180 Å². The van der Waals surface area contributed by atoms with E-state index in [2.05, 4.69) is 30.4 Å². The zero-order valence-electron chi connectivity index (χ0n) is 56.5. The van der Waals surface area contributed by atoms with Gasteiger partial charge in [-0.2, -0.15) is 28.5 Å². The molecule has 3 amide bonds. The van der Waals surface area contributed by atoms with Crippen LogP contribution in [0.25, 0.3) is 0 Å². The lowest BCUT2D eigenvalue weighted by Crippen LogP contribution is -2.48. The highest BCUT2D eigenvalue weighted by atomic mass is 19.4. The molecule has 0 radical (unpaired) electrons. The molecule has 0 bridgehead atoms. The van der Waals surface area contributed by atoms with E-state index in [9.17, 15) is 78.9 Å². The summed E-state index contributed by atoms with van der Waals surface area (Å²) in [5.74, 6) is 1.57. The number of carbonyl (C=O) groups excluding carboxylic acids is 5. The Morgan fingerprint density at radius 3 is 1.11 bits per heavy atom. The van der Waals surface area contributed by atoms with E-state index in [0.29, 0.717) is 76.5 Å². The normalized spacial score (nSPS) is 18.0. The molecule has 37 heteroatoms. The zero-order chi connectivity index (χ0) is 72.9. The number of rotatable bonds is 16. The average Bonchev–Trinajstić information content (AvgIpc) is 1.81. The van der Waals surface area contributed by atoms with E-state index in [1.807, 2.05) is 62.3 Å². The van der Waals surface area contributed by atoms with Crippen LogP contribution in [0.3, 0.4) is 0 Å². The summed E-state index contributed by atoms with van der Waals surface area (Å²) in [6, 6.07) is -0.0646. The minimum absolute atomic E-state index is 0.0591. The van der Waals surface area contributed by atoms with Crippen LogP contribution in [0, 0.1) is 38.0 Å². The number of aliphatic hydroxyl groups is 1. The minimum atomic E-state index is -4.64. The van der Waals surface area contributed by atoms with Crippen molar-refractivity contribution in [1.29, 1.82) is 0 Å². The first-order chi connectivity index (χ1) is 45.2. The number of carbonyl (C=O) groups is 5. The SMILES string of the molecule is CC(C)(C)OC(=O)N1CCC(CC=O)CC1.CC(C)(C)OC(=O)N1CCC(CCN2CC(n3cc(N)c(C(F)F)n3)C2)CC1.CC(C)(C)OC(=O)N1CCC(CCN2CC(n3cc([N+](=O)[O-])c(C(F)F)n3)C2)CC1.CO.O=CC(F)(F)F.O=[N+]([O-])c1cn(C2CNC2)nc1C(F)F. The fraction of sp³-hybridized carbons (Fsp3) is 0.767. The first-order valence-electron chi connectivity index (χ1n) is 31.9. The van der Waals surface area contributed by atoms with Crippen LogP contribution in [0.15, 0.2) is 18.6 Å². The summed E-state index contributed by atoms with van der Waals surface area (Å²) in [6.07, 6.45) is -1.96. The molecule has 6 aliphatic rings. The second-order valence-corrected chi connectivity index (χ2v) is 27.1. The number of hydrogen-bond acceptors (Lipinski definition) is 20. The number of nitrogens with zero attached hydrogens (tertiary/aromatic N) is 13. The summed E-state index contributed by atoms with van der Waals surface area (Å²) in [6.45, 7) is 27.0. The Morgan fingerprint density at radius 2 is 0.866 bits per heavy atom. The van der Waals surface area contributed by atoms with Gasteiger partial charge in [-0.1, -0.05) is 0 Å². The highest BCUT2D eigenvalue weighted by molar-refractivity contribution is 5.69. The van der Waals surface area contributed by atoms with Gasteiger partial charge in [0.2, 0.25) is 17.7 Å². The van der Waals surface area contributed by atoms with Crippen LogP contribution < -0.4 is 11.1 Å². The number of aliphatic hydroxyl groups excluding tert-OH is 1. The number of aromatic nitrogens is 6. The van der Waals surface area contributed by atoms with E-state index in [1.54, 1.807) is 19.4 Å². The molecule has 0 atom stereocenters. The van der Waals surface area contributed by atoms with Crippen molar-refractivity contribution in [3.8, 4) is 0 Å². The van der Waals surface area contributed by atoms with E-state index in [4.69, 9.17) is 29.8 Å². The monoisotopic (exact) mass is 1400 g/mol. The number of likely N-dealkylation sites (tertiary alicyclic amines) is 5. The average molecular weight is 1400 g/mol. The number of nitrogens with one attached hydrogen (secondary N) is 1. The van der Waals surface area contributed by atoms with Gasteiger partial charge in [-0.05, 0) is 145 Å². The van der Waals surface area contributed by atoms with Gasteiger partial charge in [-0.15, -0.1) is 0 Å². The van der Waals surface area contributed by atoms with Crippen molar-refractivity contribution in [2.75, 3.05) is 104 Å². The van der Waals surface area contributed by atoms with Gasteiger partial charge in [0.1, 0.15) is 35.5 Å². The number of ether oxygens (including phenoxy) is 3. The highest BCUT2D eigenvalue weighted by Gasteiger charge is 2.37. The highest BCUT2D eigenvalue weighted by Crippen LogP contribution is 2.34. The van der Waals surface area contributed by atoms with Gasteiger partial charge in [-0.3, -0.25) is 48.9 Å². The lowest BCUT2D eigenvalue weighted by molar-refractivity contribution is -0.386. The molecule has 28 nitrogen and oxygen atoms in total. The maximum absolute atomic E-state index is 12.9. The zero-order valence-corrected chi connectivity index (χ0v) is 56.5. The Balaban J connectivity index is 0.000000274. The summed E-state index contributed by atoms with van der Waals surface area (Å²) in [7, 11) is 1.00. The molecular formula is C60H94F9N15O13. The molecule has 4 N–H and O–H groups in total. The van der Waals surface area contributed by atoms with Gasteiger partial charge in [0.15, 0.2) is 5.69 Å². The predicted molar refractivity (Wildman–Crippen MR) is 334 cm³/mol. The molecule has 0 aromatic carbocycles. The third-order valence-electron chi connectivity index (χ3n) is 16.1. The molecule has 9 rings (SSSR count). The molecule has 6 saturated heterocycles. The first-order valence-corrected chi connectivity index (χ1v) is 31.9. The number of nitro groups is 2. The fourth-order valence-corrected chi connectivity index (χ4v) is 10.8. The summed E-state index contributed by atoms with van der Waals surface area (Å²) in [5.41, 5.74) is 1.19. The predicted octanol–water partition coefficient (Wildman–Crippen LogP) is 10.4. The van der Waals surface area contributed by atoms with Gasteiger partial charge < -0.3 is 49.9 Å². The Bertz CT molecular complexity index is 2970. The molecular weight excluding hydrogens is 1310 g/mol. The van der Waals surface area contributed by atoms with Crippen LogP contribution in [0.5, 0.6) is 0 Å². The second-order valence-electron chi connectivity index (χ2n) is 27.1. The third kappa shape index (κ3) is 27.4. The van der Waals surface area contributed by atoms with Crippen LogP contribution in [-0.4, -0.2) is 221 Å². The van der Waals surface area contributed by atoms with Crippen LogP contribution >= 0.6 is 0 Å². The van der Waals surface area contributed by atoms with E-state index in [-0.39, 0.29) is 47.8 Å². The standard InChI is InChI=1S/C19H29F2N5O4.C19H31F2N5O2.C12H21NO3.C7H8F2N4O2.C2HF3O.CH4O/c1-19(2,3)30-18(27)24-8-5-13(6-9-24)4-7-23-10-14(11-23)25-12-15(26(28)29)16(22-25)17(20)21;1-19(2,3)28-18(27)25-8-5-13(6-9-25)4-7-24-10-14(11-24)26-12-15(22)16(23-26)17(20)21;1-12(2,3)16-11(15)13-7-4-10(5-8-13)6-9-14;8-7(9)6-5(13(14)15)3-12(11-6)4-1-10-2-4;3-2(4,5)1-6;1-2/h12-14,17H,4-11H2,1-3H3;12-14,17H,4-11,22H2,1-3H3;9-10H,4-8H2,1-3H3;3-4,7,10H,1-2H2;1H;2H,1H3. The number of anilines is 1. The quantitative estimate of drug-likeness (QED) is 0.0394. The number of aldehydes is 2. The van der Waals surface area contributed by atoms with E-state index in [0.717, 1.165) is 116 Å². The summed E-state index contributed by atoms with van der Waals surface area (Å²) >= 11 is 0. The minimum Gasteiger partial charge on any atom is -0.444 e. The van der Waals surface area contributed by atoms with Crippen LogP contribution in [0.4, 0.5) is 71.0 Å². The lowest BCUT2D eigenvalue weighted by atomic mass is 9.93. The molecule has 3 aromatic rings. The number of halogens is 9. The summed E-state index contributed by atoms with van der Waals surface area (Å²) < 4.78 is 128. The molecule has 0 aliphatic carbocycles. The molecule has 3 aromatic heterocycles. The van der Waals surface area contributed by atoms with Gasteiger partial charge >= 0.3 is 35.8 Å². The van der Waals surface area contributed by atoms with Gasteiger partial charge in [0.25, 0.3) is 19.3 Å². The number of nitrogen functional groups attached to an aromatic ring is 1. The summed E-state index contributed by atoms with van der Waals surface area (Å²) in [5, 5.41) is 42.5. The molecule has 97 heavy (non-hydrogen) atoms. The second kappa shape index (κ2) is 37.0. The number of alkyl halides is 9. The van der Waals surface area contributed by atoms with Crippen molar-refractivity contribution in [2.24, 2.45) is 17.8 Å². The Labute approximate surface area is 556 Å². The number of piperidine rings is 3. The van der Waals surface area contributed by atoms with Crippen molar-refractivity contribution in [3.05, 3.63) is 55.9 Å². The third-order valence-corrected chi connectivity index (χ3v) is 16.1. The smallest absolute Gasteiger partial charge is 0.444 e. The largest absolute Gasteiger partial charge is 0.446 e. The van der Waals surface area contributed by atoms with Gasteiger partial charge in [0, 0.05) is 98.3 Å². The van der Waals surface area contributed by atoms with Crippen molar-refractivity contribution in [1.82, 2.24) is 59.2 Å². The van der Waals surface area contributed by atoms with Crippen molar-refractivity contribution >= 4 is 47.9 Å². The molecule has 0 unspecified atom stereocenters. The van der Waals surface area contributed by atoms with Crippen LogP contribution in [0.2, 0.25) is 0 Å². The maximum Gasteiger partial charge on any atom is 0.446 e. The topological polar surface area (TPSA) is 327 Å². The molecule has 6 aliphatic heterocycles. The Hall–Kier alpha value is -7.41. The van der Waals surface area contributed by atoms with E-state index < -0.39 is 81.2 Å². The molecule has 550 valence electrons. The van der Waals surface area contributed by atoms with Crippen LogP contribution in [0.1, 0.15) is 175 Å². The Kier molecular flexibility index (Phi) is 31.3. The molecule has 6 fully saturated rings. The molecule has 0 saturated carbocycles. The summed E-state index contributed by atoms with van der Waals surface area (Å²) in [4.78, 5) is 84.5. The van der Waals surface area contributed by atoms with Crippen molar-refractivity contribution < 1.29 is 92.7 Å². The fourth-order valence-electron chi connectivity index (χ4n) is 10.8. The number of hydrogen-bond donors (Lipinski definition) is 3. The Morgan fingerprint density at radius 1 is 0.567 bits per heavy atom. The molecule has 9 heterocycles. The van der Waals surface area contributed by atoms with Crippen LogP contribution in [-0.2, 0) is 23.8 Å².